The van der Waals surface area contributed by atoms with Gasteiger partial charge in [-0.3, -0.25) is 9.98 Å². The summed E-state index contributed by atoms with van der Waals surface area (Å²) in [5, 5.41) is 9.79. The number of hydrogen-bond acceptors (Lipinski definition) is 5. The van der Waals surface area contributed by atoms with E-state index in [-0.39, 0.29) is 5.41 Å². The van der Waals surface area contributed by atoms with Crippen molar-refractivity contribution in [1.29, 1.82) is 0 Å². The van der Waals surface area contributed by atoms with Crippen LogP contribution in [0.4, 0.5) is 11.4 Å². The Bertz CT molecular complexity index is 1190. The number of aryl methyl sites for hydroxylation is 2. The first-order valence-electron chi connectivity index (χ1n) is 13.6. The lowest BCUT2D eigenvalue weighted by Crippen LogP contribution is -2.24. The Labute approximate surface area is 237 Å². The third-order valence-corrected chi connectivity index (χ3v) is 5.80. The summed E-state index contributed by atoms with van der Waals surface area (Å²) in [4.78, 5) is 9.02. The quantitative estimate of drug-likeness (QED) is 0.248. The number of amidine groups is 1. The summed E-state index contributed by atoms with van der Waals surface area (Å²) in [7, 11) is 0. The highest BCUT2D eigenvalue weighted by Crippen LogP contribution is 2.27. The molecule has 2 aromatic carbocycles. The predicted octanol–water partition coefficient (Wildman–Crippen LogP) is 9.18. The molecule has 0 fully saturated rings. The minimum atomic E-state index is 0.127. The first-order chi connectivity index (χ1) is 18.4. The van der Waals surface area contributed by atoms with Crippen molar-refractivity contribution in [2.24, 2.45) is 15.4 Å². The second-order valence-corrected chi connectivity index (χ2v) is 10.3. The molecule has 1 heterocycles. The topological polar surface area (TPSA) is 60.8 Å². The van der Waals surface area contributed by atoms with Crippen molar-refractivity contribution in [1.82, 2.24) is 5.32 Å². The molecule has 0 radical (unpaired) electrons. The Morgan fingerprint density at radius 3 is 1.79 bits per heavy atom. The fourth-order valence-electron chi connectivity index (χ4n) is 3.40. The lowest BCUT2D eigenvalue weighted by atomic mass is 9.87. The molecular weight excluding hydrogens is 478 g/mol. The normalized spacial score (nSPS) is 12.4. The van der Waals surface area contributed by atoms with E-state index in [2.05, 4.69) is 104 Å². The van der Waals surface area contributed by atoms with Crippen LogP contribution in [0.5, 0.6) is 0 Å². The fourth-order valence-corrected chi connectivity index (χ4v) is 3.40. The minimum Gasteiger partial charge on any atom is -0.354 e. The molecule has 3 rings (SSSR count). The largest absolute Gasteiger partial charge is 0.354 e. The molecule has 0 amide bonds. The summed E-state index contributed by atoms with van der Waals surface area (Å²) >= 11 is 0. The van der Waals surface area contributed by atoms with Gasteiger partial charge >= 0.3 is 0 Å². The molecule has 0 saturated heterocycles. The standard InChI is InChI=1S/C24H33N5.C8H10.C2H6/c1-9-22(26-16(2)3)17(4)27-20-10-12-21(13-11-20)28-18(5)29-23-14-19(15-25-23)24(6,7)8;1-7-5-3-4-6-8(7)2;1-2/h9-14,27-28H,4-5,15H2,1-3,6-8H3,(H,25,29);3-6H,1-2H3;1-2H3/b22-9-;;. The van der Waals surface area contributed by atoms with Crippen LogP contribution in [-0.2, 0) is 0 Å². The third-order valence-electron chi connectivity index (χ3n) is 5.80. The van der Waals surface area contributed by atoms with Crippen molar-refractivity contribution < 1.29 is 0 Å². The average Bonchev–Trinajstić information content (AvgIpc) is 3.36. The van der Waals surface area contributed by atoms with Gasteiger partial charge in [0.25, 0.3) is 0 Å². The zero-order valence-corrected chi connectivity index (χ0v) is 25.8. The number of benzene rings is 2. The summed E-state index contributed by atoms with van der Waals surface area (Å²) in [6.07, 6.45) is 4.05. The molecule has 0 saturated carbocycles. The van der Waals surface area contributed by atoms with E-state index in [1.54, 1.807) is 0 Å². The van der Waals surface area contributed by atoms with Gasteiger partial charge in [-0.2, -0.15) is 0 Å². The second-order valence-electron chi connectivity index (χ2n) is 10.3. The Morgan fingerprint density at radius 1 is 0.872 bits per heavy atom. The van der Waals surface area contributed by atoms with Crippen molar-refractivity contribution in [2.45, 2.75) is 69.2 Å². The Balaban J connectivity index is 0.000000641. The van der Waals surface area contributed by atoms with Gasteiger partial charge in [-0.1, -0.05) is 78.1 Å². The Kier molecular flexibility index (Phi) is 13.8. The maximum absolute atomic E-state index is 4.53. The highest BCUT2D eigenvalue weighted by molar-refractivity contribution is 5.97. The molecule has 0 bridgehead atoms. The highest BCUT2D eigenvalue weighted by atomic mass is 15.1. The zero-order valence-electron chi connectivity index (χ0n) is 25.8. The molecule has 0 unspecified atom stereocenters. The van der Waals surface area contributed by atoms with Crippen LogP contribution in [-0.4, -0.2) is 18.1 Å². The molecule has 0 aromatic heterocycles. The van der Waals surface area contributed by atoms with E-state index in [0.29, 0.717) is 5.82 Å². The number of nitrogens with zero attached hydrogens (tertiary/aromatic N) is 2. The van der Waals surface area contributed by atoms with E-state index in [9.17, 15) is 0 Å². The van der Waals surface area contributed by atoms with Gasteiger partial charge in [0.1, 0.15) is 11.7 Å². The number of nitrogens with one attached hydrogen (secondary N) is 3. The average molecular weight is 528 g/mol. The van der Waals surface area contributed by atoms with Gasteiger partial charge in [0.2, 0.25) is 0 Å². The number of aliphatic imine (C=N–C) groups is 2. The van der Waals surface area contributed by atoms with Gasteiger partial charge < -0.3 is 16.0 Å². The molecule has 0 spiro atoms. The van der Waals surface area contributed by atoms with Crippen LogP contribution in [0, 0.1) is 19.3 Å². The lowest BCUT2D eigenvalue weighted by Gasteiger charge is -2.18. The Hall–Kier alpha value is -3.86. The first kappa shape index (κ1) is 33.2. The summed E-state index contributed by atoms with van der Waals surface area (Å²) in [6.45, 7) is 29.6. The Morgan fingerprint density at radius 2 is 1.38 bits per heavy atom. The van der Waals surface area contributed by atoms with Crippen molar-refractivity contribution in [3.63, 3.8) is 0 Å². The molecule has 1 aliphatic rings. The number of hydrogen-bond donors (Lipinski definition) is 3. The van der Waals surface area contributed by atoms with Gasteiger partial charge in [0.15, 0.2) is 0 Å². The van der Waals surface area contributed by atoms with E-state index in [0.717, 1.165) is 40.9 Å². The SMILES string of the molecule is C=C(NC1=NCC(C(C)(C)C)=C1)Nc1ccc(NC(=C)/C(=C/C)N=C(C)C)cc1.CC.Cc1ccccc1C. The van der Waals surface area contributed by atoms with Crippen LogP contribution in [0.1, 0.15) is 66.5 Å². The molecule has 210 valence electrons. The van der Waals surface area contributed by atoms with Crippen molar-refractivity contribution >= 4 is 22.9 Å². The van der Waals surface area contributed by atoms with Gasteiger partial charge in [0, 0.05) is 17.1 Å². The third kappa shape index (κ3) is 12.0. The van der Waals surface area contributed by atoms with Gasteiger partial charge in [-0.15, -0.1) is 0 Å². The summed E-state index contributed by atoms with van der Waals surface area (Å²) in [5.41, 5.74) is 8.65. The molecule has 3 N–H and O–H groups in total. The number of allylic oxidation sites excluding steroid dienone is 1. The van der Waals surface area contributed by atoms with Crippen LogP contribution in [0.3, 0.4) is 0 Å². The molecule has 39 heavy (non-hydrogen) atoms. The minimum absolute atomic E-state index is 0.127. The molecule has 0 atom stereocenters. The van der Waals surface area contributed by atoms with Gasteiger partial charge in [-0.25, -0.2) is 0 Å². The number of rotatable bonds is 7. The van der Waals surface area contributed by atoms with Crippen molar-refractivity contribution in [3.05, 3.63) is 108 Å². The van der Waals surface area contributed by atoms with Crippen LogP contribution in [0.2, 0.25) is 0 Å². The predicted molar refractivity (Wildman–Crippen MR) is 175 cm³/mol. The maximum atomic E-state index is 4.53. The van der Waals surface area contributed by atoms with E-state index in [4.69, 9.17) is 0 Å². The van der Waals surface area contributed by atoms with Gasteiger partial charge in [-0.05, 0) is 87.1 Å². The highest BCUT2D eigenvalue weighted by Gasteiger charge is 2.21. The van der Waals surface area contributed by atoms with Crippen LogP contribution >= 0.6 is 0 Å². The van der Waals surface area contributed by atoms with E-state index >= 15 is 0 Å². The summed E-state index contributed by atoms with van der Waals surface area (Å²) in [5.74, 6) is 1.52. The molecule has 5 nitrogen and oxygen atoms in total. The monoisotopic (exact) mass is 527 g/mol. The summed E-state index contributed by atoms with van der Waals surface area (Å²) < 4.78 is 0. The zero-order chi connectivity index (χ0) is 29.6. The molecule has 2 aromatic rings. The number of anilines is 2. The lowest BCUT2D eigenvalue weighted by molar-refractivity contribution is 0.499. The van der Waals surface area contributed by atoms with Crippen molar-refractivity contribution in [3.8, 4) is 0 Å². The van der Waals surface area contributed by atoms with Crippen molar-refractivity contribution in [2.75, 3.05) is 17.2 Å². The molecule has 0 aliphatic carbocycles. The van der Waals surface area contributed by atoms with E-state index in [1.807, 2.05) is 65.0 Å². The van der Waals surface area contributed by atoms with Crippen LogP contribution in [0.15, 0.2) is 107 Å². The molecular formula is C34H49N5. The molecule has 5 heteroatoms. The second kappa shape index (κ2) is 16.2. The summed E-state index contributed by atoms with van der Waals surface area (Å²) in [6, 6.07) is 16.3. The van der Waals surface area contributed by atoms with E-state index in [1.165, 1.54) is 16.7 Å². The van der Waals surface area contributed by atoms with E-state index < -0.39 is 0 Å². The fraction of sp³-hybridized carbons (Fsp3) is 0.353. The van der Waals surface area contributed by atoms with Crippen LogP contribution in [0.25, 0.3) is 0 Å². The van der Waals surface area contributed by atoms with Gasteiger partial charge in [0.05, 0.1) is 17.9 Å². The smallest absolute Gasteiger partial charge is 0.126 e. The van der Waals surface area contributed by atoms with Crippen LogP contribution < -0.4 is 16.0 Å². The maximum Gasteiger partial charge on any atom is 0.126 e. The first-order valence-corrected chi connectivity index (χ1v) is 13.6. The molecule has 1 aliphatic heterocycles.